The van der Waals surface area contributed by atoms with Crippen LogP contribution in [-0.4, -0.2) is 32.7 Å². The summed E-state index contributed by atoms with van der Waals surface area (Å²) in [5.74, 6) is -0.902. The zero-order valence-corrected chi connectivity index (χ0v) is 17.4. The lowest BCUT2D eigenvalue weighted by atomic mass is 9.89. The van der Waals surface area contributed by atoms with Gasteiger partial charge in [0.25, 0.3) is 0 Å². The van der Waals surface area contributed by atoms with Crippen LogP contribution in [0.1, 0.15) is 21.5 Å². The molecule has 7 heteroatoms. The maximum absolute atomic E-state index is 13.5. The Morgan fingerprint density at radius 3 is 2.26 bits per heavy atom. The number of nitrogens with zero attached hydrogens (tertiary/aromatic N) is 2. The Kier molecular flexibility index (Phi) is 5.86. The van der Waals surface area contributed by atoms with E-state index in [2.05, 4.69) is 8.75 Å². The molecule has 1 aromatic heterocycles. The second kappa shape index (κ2) is 8.89. The van der Waals surface area contributed by atoms with Gasteiger partial charge in [-0.2, -0.15) is 8.75 Å². The number of aromatic nitrogens is 2. The third-order valence-electron chi connectivity index (χ3n) is 4.91. The fraction of sp³-hybridized carbons (Fsp3) is 0.0833. The largest absolute Gasteiger partial charge is 0.497 e. The molecule has 4 aromatic rings. The first-order chi connectivity index (χ1) is 15.1. The van der Waals surface area contributed by atoms with Gasteiger partial charge < -0.3 is 9.84 Å². The molecule has 0 unspecified atom stereocenters. The van der Waals surface area contributed by atoms with Crippen LogP contribution in [-0.2, 0) is 11.2 Å². The molecule has 0 aliphatic heterocycles. The Morgan fingerprint density at radius 2 is 1.58 bits per heavy atom. The van der Waals surface area contributed by atoms with Gasteiger partial charge in [0.2, 0.25) is 0 Å². The Hall–Kier alpha value is -3.84. The lowest BCUT2D eigenvalue weighted by molar-refractivity contribution is -0.130. The number of aliphatic carboxylic acids is 1. The molecule has 0 bridgehead atoms. The van der Waals surface area contributed by atoms with E-state index in [1.165, 1.54) is 0 Å². The van der Waals surface area contributed by atoms with Crippen molar-refractivity contribution >= 4 is 40.1 Å². The Balaban J connectivity index is 1.89. The van der Waals surface area contributed by atoms with E-state index in [0.717, 1.165) is 17.3 Å². The molecule has 31 heavy (non-hydrogen) atoms. The average molecular weight is 430 g/mol. The third-order valence-corrected chi connectivity index (χ3v) is 5.46. The van der Waals surface area contributed by atoms with Gasteiger partial charge in [-0.1, -0.05) is 36.4 Å². The molecule has 0 radical (unpaired) electrons. The highest BCUT2D eigenvalue weighted by Crippen LogP contribution is 2.28. The maximum atomic E-state index is 13.5. The summed E-state index contributed by atoms with van der Waals surface area (Å²) in [7, 11) is 1.55. The molecule has 3 aromatic carbocycles. The lowest BCUT2D eigenvalue weighted by Crippen LogP contribution is -2.14. The summed E-state index contributed by atoms with van der Waals surface area (Å²) in [6.45, 7) is 0. The Labute approximate surface area is 182 Å². The van der Waals surface area contributed by atoms with Gasteiger partial charge in [0, 0.05) is 17.6 Å². The van der Waals surface area contributed by atoms with Crippen molar-refractivity contribution in [1.82, 2.24) is 8.75 Å². The van der Waals surface area contributed by atoms with E-state index in [1.54, 1.807) is 49.6 Å². The van der Waals surface area contributed by atoms with Gasteiger partial charge in [-0.05, 0) is 47.5 Å². The van der Waals surface area contributed by atoms with Crippen molar-refractivity contribution in [2.75, 3.05) is 7.11 Å². The number of carboxylic acid groups (broad SMARTS) is 1. The molecule has 0 amide bonds. The van der Waals surface area contributed by atoms with Crippen LogP contribution in [0.4, 0.5) is 0 Å². The van der Waals surface area contributed by atoms with E-state index in [4.69, 9.17) is 4.74 Å². The number of hydrogen-bond acceptors (Lipinski definition) is 6. The molecule has 0 saturated carbocycles. The smallest absolute Gasteiger partial charge is 0.336 e. The molecule has 0 saturated heterocycles. The maximum Gasteiger partial charge on any atom is 0.336 e. The Morgan fingerprint density at radius 1 is 0.903 bits per heavy atom. The minimum Gasteiger partial charge on any atom is -0.497 e. The fourth-order valence-corrected chi connectivity index (χ4v) is 3.88. The summed E-state index contributed by atoms with van der Waals surface area (Å²) in [5.41, 5.74) is 3.09. The average Bonchev–Trinajstić information content (AvgIpc) is 3.27. The number of hydrogen-bond donors (Lipinski definition) is 1. The molecule has 1 N–H and O–H groups in total. The minimum absolute atomic E-state index is 0.0421. The van der Waals surface area contributed by atoms with Gasteiger partial charge >= 0.3 is 5.97 Å². The van der Waals surface area contributed by atoms with Crippen LogP contribution in [0.15, 0.2) is 78.4 Å². The summed E-state index contributed by atoms with van der Waals surface area (Å²) in [4.78, 5) is 25.9. The first kappa shape index (κ1) is 20.4. The van der Waals surface area contributed by atoms with Crippen molar-refractivity contribution in [1.29, 1.82) is 0 Å². The van der Waals surface area contributed by atoms with Crippen LogP contribution in [0.3, 0.4) is 0 Å². The third kappa shape index (κ3) is 4.36. The first-order valence-electron chi connectivity index (χ1n) is 9.48. The van der Waals surface area contributed by atoms with Crippen molar-refractivity contribution in [2.24, 2.45) is 0 Å². The molecule has 0 atom stereocenters. The number of carboxylic acids is 1. The van der Waals surface area contributed by atoms with Gasteiger partial charge in [0.15, 0.2) is 5.78 Å². The van der Waals surface area contributed by atoms with Crippen LogP contribution in [0.5, 0.6) is 5.75 Å². The van der Waals surface area contributed by atoms with Crippen molar-refractivity contribution in [3.8, 4) is 5.75 Å². The molecular weight excluding hydrogens is 412 g/mol. The van der Waals surface area contributed by atoms with Crippen LogP contribution in [0.2, 0.25) is 0 Å². The SMILES string of the molecule is COc1ccc(C(=O)/C(Cc2ccccc2)=C(/C(=O)O)c2ccc3nsnc3c2)cc1. The van der Waals surface area contributed by atoms with E-state index in [0.29, 0.717) is 27.9 Å². The van der Waals surface area contributed by atoms with E-state index >= 15 is 0 Å². The van der Waals surface area contributed by atoms with Crippen molar-refractivity contribution < 1.29 is 19.4 Å². The number of ether oxygens (including phenoxy) is 1. The normalized spacial score (nSPS) is 11.8. The first-order valence-corrected chi connectivity index (χ1v) is 10.2. The highest BCUT2D eigenvalue weighted by atomic mass is 32.1. The zero-order valence-electron chi connectivity index (χ0n) is 16.6. The van der Waals surface area contributed by atoms with E-state index in [1.807, 2.05) is 30.3 Å². The van der Waals surface area contributed by atoms with Crippen molar-refractivity contribution in [3.05, 3.63) is 95.1 Å². The number of ketones is 1. The second-order valence-electron chi connectivity index (χ2n) is 6.85. The Bertz CT molecular complexity index is 1280. The number of allylic oxidation sites excluding steroid dienone is 1. The number of benzene rings is 3. The predicted octanol–water partition coefficient (Wildman–Crippen LogP) is 4.66. The topological polar surface area (TPSA) is 89.4 Å². The molecule has 1 heterocycles. The number of methoxy groups -OCH3 is 1. The minimum atomic E-state index is -1.17. The standard InChI is InChI=1S/C24H18N2O4S/c1-30-18-10-7-16(8-11-18)23(27)19(13-15-5-3-2-4-6-15)22(24(28)29)17-9-12-20-21(14-17)26-31-25-20/h2-12,14H,13H2,1H3,(H,28,29)/b22-19+. The van der Waals surface area contributed by atoms with Gasteiger partial charge in [-0.25, -0.2) is 4.79 Å². The quantitative estimate of drug-likeness (QED) is 0.339. The van der Waals surface area contributed by atoms with Gasteiger partial charge in [0.1, 0.15) is 16.8 Å². The summed E-state index contributed by atoms with van der Waals surface area (Å²) in [6.07, 6.45) is 0.181. The number of Topliss-reactive ketones (excluding diaryl/α,β-unsaturated/α-hetero) is 1. The van der Waals surface area contributed by atoms with Crippen LogP contribution >= 0.6 is 11.7 Å². The van der Waals surface area contributed by atoms with Crippen molar-refractivity contribution in [3.63, 3.8) is 0 Å². The van der Waals surface area contributed by atoms with Crippen LogP contribution in [0, 0.1) is 0 Å². The summed E-state index contributed by atoms with van der Waals surface area (Å²) in [6, 6.07) is 21.0. The molecular formula is C24H18N2O4S. The fourth-order valence-electron chi connectivity index (χ4n) is 3.36. The monoisotopic (exact) mass is 430 g/mol. The number of rotatable bonds is 7. The molecule has 6 nitrogen and oxygen atoms in total. The summed E-state index contributed by atoms with van der Waals surface area (Å²) >= 11 is 1.06. The van der Waals surface area contributed by atoms with Crippen LogP contribution < -0.4 is 4.74 Å². The lowest BCUT2D eigenvalue weighted by Gasteiger charge is -2.13. The summed E-state index contributed by atoms with van der Waals surface area (Å²) in [5, 5.41) is 10.1. The molecule has 0 fully saturated rings. The zero-order chi connectivity index (χ0) is 21.8. The van der Waals surface area contributed by atoms with Gasteiger partial charge in [-0.3, -0.25) is 4.79 Å². The van der Waals surface area contributed by atoms with Crippen LogP contribution in [0.25, 0.3) is 16.6 Å². The number of carbonyl (C=O) groups is 2. The number of carbonyl (C=O) groups excluding carboxylic acids is 1. The van der Waals surface area contributed by atoms with Gasteiger partial charge in [0.05, 0.1) is 24.4 Å². The molecule has 0 aliphatic carbocycles. The second-order valence-corrected chi connectivity index (χ2v) is 7.37. The molecule has 0 spiro atoms. The highest BCUT2D eigenvalue weighted by molar-refractivity contribution is 7.00. The predicted molar refractivity (Wildman–Crippen MR) is 119 cm³/mol. The van der Waals surface area contributed by atoms with Crippen molar-refractivity contribution in [2.45, 2.75) is 6.42 Å². The molecule has 154 valence electrons. The summed E-state index contributed by atoms with van der Waals surface area (Å²) < 4.78 is 13.5. The van der Waals surface area contributed by atoms with E-state index in [-0.39, 0.29) is 23.4 Å². The van der Waals surface area contributed by atoms with E-state index in [9.17, 15) is 14.7 Å². The molecule has 0 aliphatic rings. The molecule has 4 rings (SSSR count). The number of fused-ring (bicyclic) bond motifs is 1. The van der Waals surface area contributed by atoms with Gasteiger partial charge in [-0.15, -0.1) is 0 Å². The highest BCUT2D eigenvalue weighted by Gasteiger charge is 2.24. The van der Waals surface area contributed by atoms with E-state index < -0.39 is 5.97 Å².